The Morgan fingerprint density at radius 3 is 2.76 bits per heavy atom. The summed E-state index contributed by atoms with van der Waals surface area (Å²) in [4.78, 5) is 12.0. The van der Waals surface area contributed by atoms with Gasteiger partial charge in [-0.15, -0.1) is 0 Å². The Morgan fingerprint density at radius 1 is 1.24 bits per heavy atom. The van der Waals surface area contributed by atoms with E-state index in [0.29, 0.717) is 11.4 Å². The van der Waals surface area contributed by atoms with Crippen LogP contribution in [0.3, 0.4) is 0 Å². The van der Waals surface area contributed by atoms with Crippen LogP contribution in [-0.4, -0.2) is 19.6 Å². The lowest BCUT2D eigenvalue weighted by Crippen LogP contribution is -2.22. The van der Waals surface area contributed by atoms with Crippen LogP contribution in [0.15, 0.2) is 46.9 Å². The van der Waals surface area contributed by atoms with Gasteiger partial charge in [-0.2, -0.15) is 0 Å². The van der Waals surface area contributed by atoms with Gasteiger partial charge < -0.3 is 15.4 Å². The normalized spacial score (nSPS) is 10.0. The number of hydrogen-bond acceptors (Lipinski definition) is 3. The fourth-order valence-corrected chi connectivity index (χ4v) is 2.29. The predicted octanol–water partition coefficient (Wildman–Crippen LogP) is 3.82. The second kappa shape index (κ2) is 7.13. The highest BCUT2D eigenvalue weighted by Gasteiger charge is 2.07. The molecule has 0 radical (unpaired) electrons. The molecule has 0 aliphatic carbocycles. The average molecular weight is 349 g/mol. The maximum atomic E-state index is 12.0. The number of carbonyl (C=O) groups is 1. The van der Waals surface area contributed by atoms with Gasteiger partial charge in [-0.05, 0) is 42.8 Å². The molecule has 0 spiro atoms. The van der Waals surface area contributed by atoms with Gasteiger partial charge in [0.25, 0.3) is 0 Å². The number of ether oxygens (including phenoxy) is 1. The van der Waals surface area contributed by atoms with Crippen LogP contribution in [0.5, 0.6) is 5.75 Å². The van der Waals surface area contributed by atoms with Gasteiger partial charge in [0.1, 0.15) is 5.75 Å². The van der Waals surface area contributed by atoms with E-state index in [-0.39, 0.29) is 12.5 Å². The molecule has 2 aromatic rings. The Hall–Kier alpha value is -2.01. The van der Waals surface area contributed by atoms with Crippen molar-refractivity contribution in [3.05, 3.63) is 52.5 Å². The lowest BCUT2D eigenvalue weighted by atomic mass is 10.2. The molecule has 4 nitrogen and oxygen atoms in total. The molecule has 0 fully saturated rings. The van der Waals surface area contributed by atoms with Gasteiger partial charge in [-0.3, -0.25) is 4.79 Å². The second-order valence-corrected chi connectivity index (χ2v) is 5.53. The van der Waals surface area contributed by atoms with Crippen molar-refractivity contribution in [2.24, 2.45) is 0 Å². The smallest absolute Gasteiger partial charge is 0.243 e. The molecule has 2 N–H and O–H groups in total. The highest BCUT2D eigenvalue weighted by molar-refractivity contribution is 9.10. The number of rotatable bonds is 5. The first-order chi connectivity index (χ1) is 10.1. The van der Waals surface area contributed by atoms with Crippen molar-refractivity contribution in [3.63, 3.8) is 0 Å². The van der Waals surface area contributed by atoms with Crippen LogP contribution in [-0.2, 0) is 4.79 Å². The van der Waals surface area contributed by atoms with Crippen molar-refractivity contribution in [3.8, 4) is 5.75 Å². The zero-order chi connectivity index (χ0) is 15.2. The average Bonchev–Trinajstić information content (AvgIpc) is 2.45. The summed E-state index contributed by atoms with van der Waals surface area (Å²) < 4.78 is 6.20. The minimum atomic E-state index is -0.126. The van der Waals surface area contributed by atoms with Gasteiger partial charge in [0.05, 0.1) is 19.3 Å². The Bertz CT molecular complexity index is 644. The molecule has 0 saturated heterocycles. The van der Waals surface area contributed by atoms with Gasteiger partial charge in [0.2, 0.25) is 5.91 Å². The van der Waals surface area contributed by atoms with E-state index in [0.717, 1.165) is 15.7 Å². The fraction of sp³-hybridized carbons (Fsp3) is 0.188. The maximum absolute atomic E-state index is 12.0. The number of methoxy groups -OCH3 is 1. The van der Waals surface area contributed by atoms with Crippen molar-refractivity contribution in [2.75, 3.05) is 24.3 Å². The van der Waals surface area contributed by atoms with Crippen LogP contribution < -0.4 is 15.4 Å². The molecule has 1 amide bonds. The molecule has 2 rings (SSSR count). The van der Waals surface area contributed by atoms with E-state index >= 15 is 0 Å². The first-order valence-electron chi connectivity index (χ1n) is 6.52. The SMILES string of the molecule is COc1ccc(C)cc1NC(=O)CNc1cccc(Br)c1. The van der Waals surface area contributed by atoms with Gasteiger partial charge >= 0.3 is 0 Å². The van der Waals surface area contributed by atoms with Crippen LogP contribution in [0.25, 0.3) is 0 Å². The van der Waals surface area contributed by atoms with Gasteiger partial charge in [-0.1, -0.05) is 28.1 Å². The molecule has 0 aromatic heterocycles. The van der Waals surface area contributed by atoms with Crippen molar-refractivity contribution in [1.29, 1.82) is 0 Å². The summed E-state index contributed by atoms with van der Waals surface area (Å²) in [6.45, 7) is 2.16. The number of aryl methyl sites for hydroxylation is 1. The summed E-state index contributed by atoms with van der Waals surface area (Å²) in [6, 6.07) is 13.3. The molecule has 0 unspecified atom stereocenters. The summed E-state index contributed by atoms with van der Waals surface area (Å²) >= 11 is 3.39. The van der Waals surface area contributed by atoms with E-state index in [1.165, 1.54) is 0 Å². The number of nitrogens with one attached hydrogen (secondary N) is 2. The van der Waals surface area contributed by atoms with Gasteiger partial charge in [-0.25, -0.2) is 0 Å². The molecular weight excluding hydrogens is 332 g/mol. The summed E-state index contributed by atoms with van der Waals surface area (Å²) in [5.74, 6) is 0.523. The molecule has 0 heterocycles. The van der Waals surface area contributed by atoms with Crippen molar-refractivity contribution in [2.45, 2.75) is 6.92 Å². The summed E-state index contributed by atoms with van der Waals surface area (Å²) in [5, 5.41) is 5.92. The van der Waals surface area contributed by atoms with Crippen molar-refractivity contribution < 1.29 is 9.53 Å². The number of amides is 1. The van der Waals surface area contributed by atoms with Crippen LogP contribution >= 0.6 is 15.9 Å². The van der Waals surface area contributed by atoms with E-state index in [2.05, 4.69) is 26.6 Å². The molecule has 110 valence electrons. The zero-order valence-electron chi connectivity index (χ0n) is 11.9. The molecular formula is C16H17BrN2O2. The quantitative estimate of drug-likeness (QED) is 0.863. The molecule has 0 saturated carbocycles. The molecule has 0 aliphatic heterocycles. The number of benzene rings is 2. The van der Waals surface area contributed by atoms with E-state index in [1.54, 1.807) is 7.11 Å². The monoisotopic (exact) mass is 348 g/mol. The zero-order valence-corrected chi connectivity index (χ0v) is 13.5. The third-order valence-corrected chi connectivity index (χ3v) is 3.40. The largest absolute Gasteiger partial charge is 0.495 e. The van der Waals surface area contributed by atoms with Crippen LogP contribution in [0.2, 0.25) is 0 Å². The number of anilines is 2. The van der Waals surface area contributed by atoms with E-state index in [9.17, 15) is 4.79 Å². The standard InChI is InChI=1S/C16H17BrN2O2/c1-11-6-7-15(21-2)14(8-11)19-16(20)10-18-13-5-3-4-12(17)9-13/h3-9,18H,10H2,1-2H3,(H,19,20). The van der Waals surface area contributed by atoms with E-state index < -0.39 is 0 Å². The highest BCUT2D eigenvalue weighted by Crippen LogP contribution is 2.25. The summed E-state index contributed by atoms with van der Waals surface area (Å²) in [7, 11) is 1.58. The number of halogens is 1. The Labute approximate surface area is 132 Å². The fourth-order valence-electron chi connectivity index (χ4n) is 1.89. The van der Waals surface area contributed by atoms with Crippen molar-refractivity contribution in [1.82, 2.24) is 0 Å². The van der Waals surface area contributed by atoms with Gasteiger partial charge in [0.15, 0.2) is 0 Å². The topological polar surface area (TPSA) is 50.4 Å². The van der Waals surface area contributed by atoms with Crippen LogP contribution in [0.4, 0.5) is 11.4 Å². The Morgan fingerprint density at radius 2 is 2.05 bits per heavy atom. The van der Waals surface area contributed by atoms with Crippen molar-refractivity contribution >= 4 is 33.2 Å². The lowest BCUT2D eigenvalue weighted by Gasteiger charge is -2.12. The third kappa shape index (κ3) is 4.49. The summed E-state index contributed by atoms with van der Waals surface area (Å²) in [6.07, 6.45) is 0. The Balaban J connectivity index is 1.97. The highest BCUT2D eigenvalue weighted by atomic mass is 79.9. The Kier molecular flexibility index (Phi) is 5.22. The minimum absolute atomic E-state index is 0.126. The first kappa shape index (κ1) is 15.4. The second-order valence-electron chi connectivity index (χ2n) is 4.62. The third-order valence-electron chi connectivity index (χ3n) is 2.91. The number of hydrogen-bond donors (Lipinski definition) is 2. The molecule has 21 heavy (non-hydrogen) atoms. The van der Waals surface area contributed by atoms with E-state index in [4.69, 9.17) is 4.74 Å². The summed E-state index contributed by atoms with van der Waals surface area (Å²) in [5.41, 5.74) is 2.63. The maximum Gasteiger partial charge on any atom is 0.243 e. The molecule has 5 heteroatoms. The molecule has 0 bridgehead atoms. The molecule has 2 aromatic carbocycles. The van der Waals surface area contributed by atoms with Gasteiger partial charge in [0, 0.05) is 10.2 Å². The lowest BCUT2D eigenvalue weighted by molar-refractivity contribution is -0.114. The molecule has 0 atom stereocenters. The minimum Gasteiger partial charge on any atom is -0.495 e. The van der Waals surface area contributed by atoms with E-state index in [1.807, 2.05) is 49.4 Å². The van der Waals surface area contributed by atoms with Crippen LogP contribution in [0.1, 0.15) is 5.56 Å². The number of carbonyl (C=O) groups excluding carboxylic acids is 1. The first-order valence-corrected chi connectivity index (χ1v) is 7.31. The molecule has 0 aliphatic rings. The predicted molar refractivity (Wildman–Crippen MR) is 89.0 cm³/mol. The van der Waals surface area contributed by atoms with Crippen LogP contribution in [0, 0.1) is 6.92 Å².